The van der Waals surface area contributed by atoms with Crippen LogP contribution in [0, 0.1) is 10.1 Å². The SMILES string of the molecule is CCOc1cc(C=C2SC(=NC3CCCCC3)N(C3CCCCC3)C2=O)ccc1OCc1cccc([N+](=O)[O-])c1. The molecule has 5 rings (SSSR count). The number of hydrogen-bond acceptors (Lipinski definition) is 7. The van der Waals surface area contributed by atoms with Crippen LogP contribution in [0.25, 0.3) is 6.08 Å². The third-order valence-corrected chi connectivity index (χ3v) is 8.72. The van der Waals surface area contributed by atoms with Crippen LogP contribution < -0.4 is 9.47 Å². The van der Waals surface area contributed by atoms with Crippen molar-refractivity contribution in [1.82, 2.24) is 4.90 Å². The van der Waals surface area contributed by atoms with E-state index < -0.39 is 4.92 Å². The molecular weight excluding hydrogens is 526 g/mol. The fourth-order valence-corrected chi connectivity index (χ4v) is 6.79. The summed E-state index contributed by atoms with van der Waals surface area (Å²) in [5.41, 5.74) is 1.58. The molecule has 1 amide bonds. The average Bonchev–Trinajstić information content (AvgIpc) is 3.27. The van der Waals surface area contributed by atoms with Crippen LogP contribution in [0.5, 0.6) is 11.5 Å². The lowest BCUT2D eigenvalue weighted by molar-refractivity contribution is -0.384. The third-order valence-electron chi connectivity index (χ3n) is 7.73. The van der Waals surface area contributed by atoms with Gasteiger partial charge in [0.25, 0.3) is 11.6 Å². The van der Waals surface area contributed by atoms with Crippen molar-refractivity contribution in [2.45, 2.75) is 89.8 Å². The minimum Gasteiger partial charge on any atom is -0.490 e. The predicted molar refractivity (Wildman–Crippen MR) is 159 cm³/mol. The standard InChI is InChI=1S/C31H37N3O5S/c1-2-38-28-19-22(16-17-27(28)39-21-23-10-9-15-26(18-23)34(36)37)20-29-30(35)33(25-13-7-4-8-14-25)31(40-29)32-24-11-5-3-6-12-24/h9-10,15-20,24-25H,2-8,11-14,21H2,1H3. The summed E-state index contributed by atoms with van der Waals surface area (Å²) in [6.07, 6.45) is 13.5. The van der Waals surface area contributed by atoms with E-state index in [1.807, 2.05) is 36.1 Å². The van der Waals surface area contributed by atoms with Gasteiger partial charge in [-0.05, 0) is 73.7 Å². The maximum absolute atomic E-state index is 13.7. The first-order valence-electron chi connectivity index (χ1n) is 14.5. The van der Waals surface area contributed by atoms with E-state index in [4.69, 9.17) is 14.5 Å². The predicted octanol–water partition coefficient (Wildman–Crippen LogP) is 7.51. The van der Waals surface area contributed by atoms with Crippen molar-refractivity contribution in [1.29, 1.82) is 0 Å². The minimum atomic E-state index is -0.416. The Morgan fingerprint density at radius 1 is 1.00 bits per heavy atom. The summed E-state index contributed by atoms with van der Waals surface area (Å²) in [7, 11) is 0. The Morgan fingerprint density at radius 3 is 2.48 bits per heavy atom. The molecule has 0 aromatic heterocycles. The summed E-state index contributed by atoms with van der Waals surface area (Å²) in [6, 6.07) is 12.6. The molecule has 0 N–H and O–H groups in total. The lowest BCUT2D eigenvalue weighted by Gasteiger charge is -2.31. The Hall–Kier alpha value is -3.33. The molecule has 3 aliphatic rings. The van der Waals surface area contributed by atoms with E-state index in [1.165, 1.54) is 49.6 Å². The van der Waals surface area contributed by atoms with Crippen molar-refractivity contribution in [3.8, 4) is 11.5 Å². The van der Waals surface area contributed by atoms with Crippen molar-refractivity contribution in [3.63, 3.8) is 0 Å². The maximum Gasteiger partial charge on any atom is 0.269 e. The number of carbonyl (C=O) groups is 1. The number of thioether (sulfide) groups is 1. The number of benzene rings is 2. The van der Waals surface area contributed by atoms with Gasteiger partial charge in [-0.25, -0.2) is 0 Å². The van der Waals surface area contributed by atoms with Gasteiger partial charge in [-0.3, -0.25) is 24.8 Å². The quantitative estimate of drug-likeness (QED) is 0.178. The number of non-ortho nitro benzene ring substituents is 1. The number of carbonyl (C=O) groups excluding carboxylic acids is 1. The second kappa shape index (κ2) is 13.4. The number of nitrogens with zero attached hydrogens (tertiary/aromatic N) is 3. The number of rotatable bonds is 9. The van der Waals surface area contributed by atoms with Crippen LogP contribution in [-0.4, -0.2) is 39.6 Å². The minimum absolute atomic E-state index is 0.0282. The highest BCUT2D eigenvalue weighted by molar-refractivity contribution is 8.18. The van der Waals surface area contributed by atoms with E-state index in [0.717, 1.165) is 49.3 Å². The molecule has 0 atom stereocenters. The van der Waals surface area contributed by atoms with E-state index in [9.17, 15) is 14.9 Å². The van der Waals surface area contributed by atoms with Crippen LogP contribution in [0.3, 0.4) is 0 Å². The van der Waals surface area contributed by atoms with Gasteiger partial charge >= 0.3 is 0 Å². The molecule has 2 saturated carbocycles. The summed E-state index contributed by atoms with van der Waals surface area (Å²) in [5.74, 6) is 1.16. The zero-order chi connectivity index (χ0) is 27.9. The summed E-state index contributed by atoms with van der Waals surface area (Å²) in [5, 5.41) is 12.0. The second-order valence-corrected chi connectivity index (χ2v) is 11.6. The fraction of sp³-hybridized carbons (Fsp3) is 0.484. The van der Waals surface area contributed by atoms with Crippen LogP contribution in [0.1, 0.15) is 82.3 Å². The molecule has 2 aromatic rings. The van der Waals surface area contributed by atoms with E-state index >= 15 is 0 Å². The molecular formula is C31H37N3O5S. The van der Waals surface area contributed by atoms with Gasteiger partial charge in [-0.1, -0.05) is 56.7 Å². The Bertz CT molecular complexity index is 1280. The number of amides is 1. The molecule has 3 fully saturated rings. The molecule has 0 radical (unpaired) electrons. The zero-order valence-electron chi connectivity index (χ0n) is 23.0. The van der Waals surface area contributed by atoms with Crippen molar-refractivity contribution >= 4 is 34.6 Å². The molecule has 2 aliphatic carbocycles. The van der Waals surface area contributed by atoms with Gasteiger partial charge in [0, 0.05) is 18.2 Å². The fourth-order valence-electron chi connectivity index (χ4n) is 5.68. The Morgan fingerprint density at radius 2 is 1.75 bits per heavy atom. The highest BCUT2D eigenvalue weighted by atomic mass is 32.2. The normalized spacial score (nSPS) is 20.8. The van der Waals surface area contributed by atoms with Crippen LogP contribution in [0.15, 0.2) is 52.4 Å². The summed E-state index contributed by atoms with van der Waals surface area (Å²) in [6.45, 7) is 2.53. The lowest BCUT2D eigenvalue weighted by atomic mass is 9.94. The van der Waals surface area contributed by atoms with Gasteiger partial charge in [0.1, 0.15) is 6.61 Å². The topological polar surface area (TPSA) is 94.3 Å². The van der Waals surface area contributed by atoms with Gasteiger partial charge in [-0.15, -0.1) is 0 Å². The first kappa shape index (κ1) is 28.2. The number of aliphatic imine (C=N–C) groups is 1. The van der Waals surface area contributed by atoms with Gasteiger partial charge in [-0.2, -0.15) is 0 Å². The summed E-state index contributed by atoms with van der Waals surface area (Å²) in [4.78, 5) is 32.2. The number of ether oxygens (including phenoxy) is 2. The van der Waals surface area contributed by atoms with Crippen molar-refractivity contribution in [2.75, 3.05) is 6.61 Å². The van der Waals surface area contributed by atoms with Crippen molar-refractivity contribution in [2.24, 2.45) is 4.99 Å². The van der Waals surface area contributed by atoms with E-state index in [2.05, 4.69) is 0 Å². The van der Waals surface area contributed by atoms with Gasteiger partial charge < -0.3 is 9.47 Å². The molecule has 0 unspecified atom stereocenters. The number of amidine groups is 1. The first-order chi connectivity index (χ1) is 19.5. The highest BCUT2D eigenvalue weighted by Crippen LogP contribution is 2.39. The molecule has 0 bridgehead atoms. The van der Waals surface area contributed by atoms with Crippen LogP contribution in [0.4, 0.5) is 5.69 Å². The molecule has 9 heteroatoms. The highest BCUT2D eigenvalue weighted by Gasteiger charge is 2.39. The summed E-state index contributed by atoms with van der Waals surface area (Å²) >= 11 is 1.50. The van der Waals surface area contributed by atoms with Crippen molar-refractivity contribution in [3.05, 3.63) is 68.6 Å². The Kier molecular flexibility index (Phi) is 9.41. The van der Waals surface area contributed by atoms with E-state index in [0.29, 0.717) is 34.6 Å². The van der Waals surface area contributed by atoms with Gasteiger partial charge in [0.15, 0.2) is 16.7 Å². The molecule has 40 heavy (non-hydrogen) atoms. The van der Waals surface area contributed by atoms with Gasteiger partial charge in [0.05, 0.1) is 22.5 Å². The first-order valence-corrected chi connectivity index (χ1v) is 15.3. The lowest BCUT2D eigenvalue weighted by Crippen LogP contribution is -2.41. The number of nitro groups is 1. The van der Waals surface area contributed by atoms with E-state index in [-0.39, 0.29) is 24.2 Å². The monoisotopic (exact) mass is 563 g/mol. The maximum atomic E-state index is 13.7. The van der Waals surface area contributed by atoms with Crippen LogP contribution in [0.2, 0.25) is 0 Å². The average molecular weight is 564 g/mol. The number of hydrogen-bond donors (Lipinski definition) is 0. The van der Waals surface area contributed by atoms with E-state index in [1.54, 1.807) is 12.1 Å². The third kappa shape index (κ3) is 6.86. The molecule has 1 saturated heterocycles. The largest absolute Gasteiger partial charge is 0.490 e. The molecule has 8 nitrogen and oxygen atoms in total. The smallest absolute Gasteiger partial charge is 0.269 e. The van der Waals surface area contributed by atoms with Gasteiger partial charge in [0.2, 0.25) is 0 Å². The Labute approximate surface area is 240 Å². The van der Waals surface area contributed by atoms with Crippen LogP contribution >= 0.6 is 11.8 Å². The van der Waals surface area contributed by atoms with Crippen LogP contribution in [-0.2, 0) is 11.4 Å². The second-order valence-electron chi connectivity index (χ2n) is 10.6. The molecule has 0 spiro atoms. The van der Waals surface area contributed by atoms with Crippen molar-refractivity contribution < 1.29 is 19.2 Å². The number of nitro benzene ring substituents is 1. The molecule has 1 heterocycles. The molecule has 1 aliphatic heterocycles. The molecule has 2 aromatic carbocycles. The zero-order valence-corrected chi connectivity index (χ0v) is 23.9. The molecule has 212 valence electrons. The summed E-state index contributed by atoms with van der Waals surface area (Å²) < 4.78 is 11.9. The Balaban J connectivity index is 1.37.